The Kier molecular flexibility index (Phi) is 7.71. The number of rotatable bonds is 10. The summed E-state index contributed by atoms with van der Waals surface area (Å²) in [5.41, 5.74) is 9.48. The first-order valence-corrected chi connectivity index (χ1v) is 13.6. The van der Waals surface area contributed by atoms with E-state index in [1.807, 2.05) is 12.4 Å². The van der Waals surface area contributed by atoms with Gasteiger partial charge in [0.15, 0.2) is 0 Å². The second-order valence-electron chi connectivity index (χ2n) is 9.97. The molecule has 0 radical (unpaired) electrons. The third-order valence-corrected chi connectivity index (χ3v) is 7.21. The molecule has 0 saturated heterocycles. The molecule has 2 heterocycles. The quantitative estimate of drug-likeness (QED) is 0.149. The minimum atomic E-state index is 0.963. The average Bonchev–Trinajstić information content (AvgIpc) is 2.93. The van der Waals surface area contributed by atoms with E-state index in [0.717, 1.165) is 45.8 Å². The molecule has 0 saturated carbocycles. The SMILES string of the molecule is CCCCCc1ccc(-c2cnc3c(ccc4cc(-c5ccc(CCCCC)cc5)cnc43)c2)cc1. The fourth-order valence-electron chi connectivity index (χ4n) is 4.99. The minimum Gasteiger partial charge on any atom is -0.253 e. The molecular formula is C34H36N2. The van der Waals surface area contributed by atoms with Gasteiger partial charge < -0.3 is 0 Å². The Balaban J connectivity index is 1.37. The fraction of sp³-hybridized carbons (Fsp3) is 0.294. The lowest BCUT2D eigenvalue weighted by molar-refractivity contribution is 0.717. The summed E-state index contributed by atoms with van der Waals surface area (Å²) in [7, 11) is 0. The van der Waals surface area contributed by atoms with Gasteiger partial charge in [-0.3, -0.25) is 9.97 Å². The lowest BCUT2D eigenvalue weighted by atomic mass is 9.99. The number of aromatic nitrogens is 2. The molecule has 5 aromatic rings. The predicted molar refractivity (Wildman–Crippen MR) is 154 cm³/mol. The Labute approximate surface area is 215 Å². The van der Waals surface area contributed by atoms with Gasteiger partial charge in [-0.2, -0.15) is 0 Å². The first kappa shape index (κ1) is 24.2. The number of hydrogen-bond acceptors (Lipinski definition) is 2. The molecule has 0 amide bonds. The van der Waals surface area contributed by atoms with Crippen molar-refractivity contribution in [1.29, 1.82) is 0 Å². The first-order valence-electron chi connectivity index (χ1n) is 13.6. The number of unbranched alkanes of at least 4 members (excludes halogenated alkanes) is 4. The predicted octanol–water partition coefficient (Wildman–Crippen LogP) is 9.58. The van der Waals surface area contributed by atoms with Crippen LogP contribution in [0.1, 0.15) is 63.5 Å². The molecule has 0 spiro atoms. The van der Waals surface area contributed by atoms with Crippen LogP contribution in [0.2, 0.25) is 0 Å². The normalized spacial score (nSPS) is 11.4. The Hall–Kier alpha value is -3.52. The van der Waals surface area contributed by atoms with Crippen molar-refractivity contribution in [2.75, 3.05) is 0 Å². The van der Waals surface area contributed by atoms with Gasteiger partial charge in [0.1, 0.15) is 0 Å². The van der Waals surface area contributed by atoms with E-state index in [0.29, 0.717) is 0 Å². The van der Waals surface area contributed by atoms with Crippen LogP contribution in [-0.4, -0.2) is 9.97 Å². The van der Waals surface area contributed by atoms with Gasteiger partial charge in [-0.15, -0.1) is 0 Å². The smallest absolute Gasteiger partial charge is 0.0965 e. The molecule has 0 bridgehead atoms. The molecule has 0 N–H and O–H groups in total. The number of aryl methyl sites for hydroxylation is 2. The Morgan fingerprint density at radius 1 is 0.472 bits per heavy atom. The van der Waals surface area contributed by atoms with Crippen molar-refractivity contribution in [3.05, 3.63) is 96.3 Å². The second kappa shape index (κ2) is 11.5. The molecule has 36 heavy (non-hydrogen) atoms. The van der Waals surface area contributed by atoms with Crippen LogP contribution in [0.15, 0.2) is 85.2 Å². The van der Waals surface area contributed by atoms with Crippen molar-refractivity contribution < 1.29 is 0 Å². The third-order valence-electron chi connectivity index (χ3n) is 7.21. The van der Waals surface area contributed by atoms with Gasteiger partial charge in [-0.25, -0.2) is 0 Å². The summed E-state index contributed by atoms with van der Waals surface area (Å²) >= 11 is 0. The highest BCUT2D eigenvalue weighted by molar-refractivity contribution is 6.04. The summed E-state index contributed by atoms with van der Waals surface area (Å²) < 4.78 is 0. The maximum absolute atomic E-state index is 4.86. The van der Waals surface area contributed by atoms with Crippen LogP contribution < -0.4 is 0 Å². The zero-order valence-electron chi connectivity index (χ0n) is 21.6. The highest BCUT2D eigenvalue weighted by atomic mass is 14.7. The van der Waals surface area contributed by atoms with Gasteiger partial charge in [0, 0.05) is 34.3 Å². The maximum Gasteiger partial charge on any atom is 0.0965 e. The first-order chi connectivity index (χ1) is 17.7. The fourth-order valence-corrected chi connectivity index (χ4v) is 4.99. The zero-order chi connectivity index (χ0) is 24.7. The van der Waals surface area contributed by atoms with Crippen molar-refractivity contribution in [3.8, 4) is 22.3 Å². The van der Waals surface area contributed by atoms with Gasteiger partial charge >= 0.3 is 0 Å². The van der Waals surface area contributed by atoms with Gasteiger partial charge in [0.05, 0.1) is 11.0 Å². The Morgan fingerprint density at radius 2 is 0.889 bits per heavy atom. The van der Waals surface area contributed by atoms with Crippen LogP contribution in [0.25, 0.3) is 44.1 Å². The second-order valence-corrected chi connectivity index (χ2v) is 9.97. The maximum atomic E-state index is 4.86. The summed E-state index contributed by atoms with van der Waals surface area (Å²) in [6.07, 6.45) is 13.9. The number of fused-ring (bicyclic) bond motifs is 3. The molecule has 5 rings (SSSR count). The number of benzene rings is 3. The average molecular weight is 473 g/mol. The van der Waals surface area contributed by atoms with Crippen molar-refractivity contribution in [3.63, 3.8) is 0 Å². The molecule has 0 atom stereocenters. The monoisotopic (exact) mass is 472 g/mol. The lowest BCUT2D eigenvalue weighted by Gasteiger charge is -2.09. The molecule has 2 nitrogen and oxygen atoms in total. The third kappa shape index (κ3) is 5.49. The molecule has 2 heteroatoms. The van der Waals surface area contributed by atoms with Crippen molar-refractivity contribution in [2.24, 2.45) is 0 Å². The van der Waals surface area contributed by atoms with Gasteiger partial charge in [0.25, 0.3) is 0 Å². The Bertz CT molecular complexity index is 1320. The zero-order valence-corrected chi connectivity index (χ0v) is 21.6. The minimum absolute atomic E-state index is 0.963. The van der Waals surface area contributed by atoms with E-state index in [1.54, 1.807) is 0 Å². The largest absolute Gasteiger partial charge is 0.253 e. The molecule has 182 valence electrons. The molecule has 0 fully saturated rings. The van der Waals surface area contributed by atoms with E-state index in [1.165, 1.54) is 60.8 Å². The van der Waals surface area contributed by atoms with Crippen LogP contribution in [0.3, 0.4) is 0 Å². The molecule has 0 aliphatic heterocycles. The van der Waals surface area contributed by atoms with Crippen molar-refractivity contribution >= 4 is 21.8 Å². The highest BCUT2D eigenvalue weighted by Crippen LogP contribution is 2.30. The van der Waals surface area contributed by atoms with Crippen LogP contribution in [0.4, 0.5) is 0 Å². The van der Waals surface area contributed by atoms with E-state index >= 15 is 0 Å². The van der Waals surface area contributed by atoms with Gasteiger partial charge in [0.2, 0.25) is 0 Å². The number of nitrogens with zero attached hydrogens (tertiary/aromatic N) is 2. The summed E-state index contributed by atoms with van der Waals surface area (Å²) in [5, 5.41) is 2.26. The van der Waals surface area contributed by atoms with Crippen LogP contribution >= 0.6 is 0 Å². The molecule has 0 aliphatic carbocycles. The van der Waals surface area contributed by atoms with Gasteiger partial charge in [-0.1, -0.05) is 100 Å². The van der Waals surface area contributed by atoms with E-state index in [-0.39, 0.29) is 0 Å². The van der Waals surface area contributed by atoms with Gasteiger partial charge in [-0.05, 0) is 60.1 Å². The molecular weight excluding hydrogens is 436 g/mol. The summed E-state index contributed by atoms with van der Waals surface area (Å²) in [5.74, 6) is 0. The van der Waals surface area contributed by atoms with Crippen molar-refractivity contribution in [2.45, 2.75) is 65.2 Å². The van der Waals surface area contributed by atoms with Crippen molar-refractivity contribution in [1.82, 2.24) is 9.97 Å². The molecule has 3 aromatic carbocycles. The molecule has 0 aliphatic rings. The van der Waals surface area contributed by atoms with E-state index in [4.69, 9.17) is 9.97 Å². The van der Waals surface area contributed by atoms with E-state index < -0.39 is 0 Å². The summed E-state index contributed by atoms with van der Waals surface area (Å²) in [6.45, 7) is 4.50. The number of hydrogen-bond donors (Lipinski definition) is 0. The number of pyridine rings is 2. The Morgan fingerprint density at radius 3 is 1.28 bits per heavy atom. The van der Waals surface area contributed by atoms with E-state index in [9.17, 15) is 0 Å². The summed E-state index contributed by atoms with van der Waals surface area (Å²) in [6, 6.07) is 26.8. The standard InChI is InChI=1S/C34H36N2/c1-3-5-7-9-25-11-15-27(16-12-25)31-21-29-19-20-30-22-32(24-36-34(30)33(29)35-23-31)28-17-13-26(14-18-28)10-8-6-4-2/h11-24H,3-10H2,1-2H3. The molecule has 2 aromatic heterocycles. The highest BCUT2D eigenvalue weighted by Gasteiger charge is 2.08. The lowest BCUT2D eigenvalue weighted by Crippen LogP contribution is -1.90. The molecule has 0 unspecified atom stereocenters. The van der Waals surface area contributed by atoms with E-state index in [2.05, 4.69) is 86.6 Å². The topological polar surface area (TPSA) is 25.8 Å². The van der Waals surface area contributed by atoms with Crippen LogP contribution in [0, 0.1) is 0 Å². The van der Waals surface area contributed by atoms with Crippen LogP contribution in [0.5, 0.6) is 0 Å². The summed E-state index contributed by atoms with van der Waals surface area (Å²) in [4.78, 5) is 9.71. The van der Waals surface area contributed by atoms with Crippen LogP contribution in [-0.2, 0) is 12.8 Å².